The van der Waals surface area contributed by atoms with Crippen molar-refractivity contribution in [2.75, 3.05) is 19.8 Å². The molecule has 2 fully saturated rings. The number of hydrogen-bond acceptors (Lipinski definition) is 11. The van der Waals surface area contributed by atoms with Crippen molar-refractivity contribution in [1.82, 2.24) is 0 Å². The maximum absolute atomic E-state index is 10.5. The monoisotopic (exact) mass is 426 g/mol. The molecule has 0 saturated carbocycles. The lowest BCUT2D eigenvalue weighted by Crippen LogP contribution is -2.64. The van der Waals surface area contributed by atoms with E-state index in [0.717, 1.165) is 25.7 Å². The van der Waals surface area contributed by atoms with Gasteiger partial charge in [0.15, 0.2) is 12.6 Å². The number of aliphatic hydroxyl groups excluding tert-OH is 7. The zero-order valence-electron chi connectivity index (χ0n) is 16.5. The van der Waals surface area contributed by atoms with Crippen molar-refractivity contribution in [2.45, 2.75) is 94.0 Å². The standard InChI is InChI=1S/C18H34O11/c1-2-3-4-5-6-26-17-15(25)13(23)16(10(8-20)28-17)29-18-14(24)12(22)11(21)9(7-19)27-18/h9-25H,2-8H2,1H3/t9?,10?,11-,12?,13?,14?,15+,16-,17-,18-/m1/s1. The van der Waals surface area contributed by atoms with Gasteiger partial charge in [-0.1, -0.05) is 26.2 Å². The topological polar surface area (TPSA) is 179 Å². The van der Waals surface area contributed by atoms with Crippen LogP contribution in [0.1, 0.15) is 32.6 Å². The highest BCUT2D eigenvalue weighted by Gasteiger charge is 2.50. The van der Waals surface area contributed by atoms with E-state index in [2.05, 4.69) is 6.92 Å². The Morgan fingerprint density at radius 3 is 1.93 bits per heavy atom. The van der Waals surface area contributed by atoms with E-state index in [0.29, 0.717) is 6.61 Å². The molecule has 5 unspecified atom stereocenters. The minimum Gasteiger partial charge on any atom is -0.394 e. The highest BCUT2D eigenvalue weighted by Crippen LogP contribution is 2.29. The van der Waals surface area contributed by atoms with Crippen molar-refractivity contribution in [2.24, 2.45) is 0 Å². The minimum atomic E-state index is -1.69. The number of aliphatic hydroxyl groups is 7. The number of ether oxygens (including phenoxy) is 4. The summed E-state index contributed by atoms with van der Waals surface area (Å²) in [6.07, 6.45) is -10.5. The van der Waals surface area contributed by atoms with Crippen LogP contribution in [0.4, 0.5) is 0 Å². The maximum atomic E-state index is 10.5. The highest BCUT2D eigenvalue weighted by atomic mass is 16.7. The van der Waals surface area contributed by atoms with Crippen molar-refractivity contribution in [3.05, 3.63) is 0 Å². The van der Waals surface area contributed by atoms with E-state index >= 15 is 0 Å². The molecule has 0 spiro atoms. The van der Waals surface area contributed by atoms with Crippen molar-refractivity contribution in [3.8, 4) is 0 Å². The van der Waals surface area contributed by atoms with Gasteiger partial charge in [-0.2, -0.15) is 0 Å². The van der Waals surface area contributed by atoms with E-state index in [1.54, 1.807) is 0 Å². The van der Waals surface area contributed by atoms with Crippen LogP contribution in [-0.2, 0) is 18.9 Å². The molecule has 0 amide bonds. The molecule has 0 aliphatic carbocycles. The summed E-state index contributed by atoms with van der Waals surface area (Å²) in [5.74, 6) is 0. The lowest BCUT2D eigenvalue weighted by atomic mass is 9.97. The lowest BCUT2D eigenvalue weighted by Gasteiger charge is -2.45. The SMILES string of the molecule is CCCCCCO[C@@H]1OC(CO)[C@@H](O[C@H]2OC(CO)[C@@H](O)C(O)C2O)C(O)[C@@H]1O. The third-order valence-electron chi connectivity index (χ3n) is 5.24. The van der Waals surface area contributed by atoms with Crippen LogP contribution in [0.5, 0.6) is 0 Å². The summed E-state index contributed by atoms with van der Waals surface area (Å²) in [6, 6.07) is 0. The molecule has 29 heavy (non-hydrogen) atoms. The Morgan fingerprint density at radius 1 is 0.690 bits per heavy atom. The molecule has 2 heterocycles. The normalized spacial score (nSPS) is 43.4. The van der Waals surface area contributed by atoms with Crippen molar-refractivity contribution >= 4 is 0 Å². The van der Waals surface area contributed by atoms with Gasteiger partial charge in [0, 0.05) is 6.61 Å². The molecule has 0 radical (unpaired) electrons. The van der Waals surface area contributed by atoms with Crippen LogP contribution in [0.25, 0.3) is 0 Å². The molecule has 2 aliphatic rings. The van der Waals surface area contributed by atoms with Gasteiger partial charge in [0.25, 0.3) is 0 Å². The minimum absolute atomic E-state index is 0.310. The van der Waals surface area contributed by atoms with E-state index in [-0.39, 0.29) is 0 Å². The summed E-state index contributed by atoms with van der Waals surface area (Å²) in [5, 5.41) is 69.4. The van der Waals surface area contributed by atoms with Crippen LogP contribution in [-0.4, -0.2) is 117 Å². The molecule has 2 saturated heterocycles. The van der Waals surface area contributed by atoms with E-state index in [1.807, 2.05) is 0 Å². The first-order chi connectivity index (χ1) is 13.8. The fourth-order valence-corrected chi connectivity index (χ4v) is 3.42. The van der Waals surface area contributed by atoms with E-state index < -0.39 is 74.6 Å². The molecule has 172 valence electrons. The van der Waals surface area contributed by atoms with Gasteiger partial charge in [-0.3, -0.25) is 0 Å². The third kappa shape index (κ3) is 6.05. The average Bonchev–Trinajstić information content (AvgIpc) is 2.72. The Balaban J connectivity index is 1.98. The largest absolute Gasteiger partial charge is 0.394 e. The summed E-state index contributed by atoms with van der Waals surface area (Å²) in [7, 11) is 0. The molecule has 0 aromatic rings. The van der Waals surface area contributed by atoms with Crippen molar-refractivity contribution in [1.29, 1.82) is 0 Å². The molecule has 7 N–H and O–H groups in total. The van der Waals surface area contributed by atoms with Gasteiger partial charge in [-0.05, 0) is 6.42 Å². The fourth-order valence-electron chi connectivity index (χ4n) is 3.42. The van der Waals surface area contributed by atoms with Gasteiger partial charge in [-0.25, -0.2) is 0 Å². The molecule has 0 bridgehead atoms. The molecule has 0 aromatic heterocycles. The Morgan fingerprint density at radius 2 is 1.31 bits per heavy atom. The van der Waals surface area contributed by atoms with Gasteiger partial charge >= 0.3 is 0 Å². The molecule has 2 rings (SSSR count). The van der Waals surface area contributed by atoms with Gasteiger partial charge in [0.05, 0.1) is 13.2 Å². The van der Waals surface area contributed by atoms with E-state index in [4.69, 9.17) is 18.9 Å². The molecule has 2 aliphatic heterocycles. The first-order valence-electron chi connectivity index (χ1n) is 10.1. The molecular weight excluding hydrogens is 392 g/mol. The summed E-state index contributed by atoms with van der Waals surface area (Å²) >= 11 is 0. The summed E-state index contributed by atoms with van der Waals surface area (Å²) in [6.45, 7) is 1.16. The summed E-state index contributed by atoms with van der Waals surface area (Å²) < 4.78 is 21.7. The molecule has 11 nitrogen and oxygen atoms in total. The second-order valence-electron chi connectivity index (χ2n) is 7.44. The first-order valence-corrected chi connectivity index (χ1v) is 10.1. The second-order valence-corrected chi connectivity index (χ2v) is 7.44. The summed E-state index contributed by atoms with van der Waals surface area (Å²) in [5.41, 5.74) is 0. The zero-order valence-corrected chi connectivity index (χ0v) is 16.5. The van der Waals surface area contributed by atoms with Crippen molar-refractivity contribution in [3.63, 3.8) is 0 Å². The fraction of sp³-hybridized carbons (Fsp3) is 1.00. The Hall–Kier alpha value is -0.440. The first kappa shape index (κ1) is 24.8. The Labute approximate surface area is 169 Å². The number of hydrogen-bond donors (Lipinski definition) is 7. The van der Waals surface area contributed by atoms with Gasteiger partial charge in [-0.15, -0.1) is 0 Å². The number of unbranched alkanes of at least 4 members (excludes halogenated alkanes) is 3. The van der Waals surface area contributed by atoms with Gasteiger partial charge in [0.2, 0.25) is 0 Å². The highest BCUT2D eigenvalue weighted by molar-refractivity contribution is 4.94. The number of rotatable bonds is 10. The smallest absolute Gasteiger partial charge is 0.187 e. The predicted molar refractivity (Wildman–Crippen MR) is 96.5 cm³/mol. The van der Waals surface area contributed by atoms with Crippen LogP contribution in [0, 0.1) is 0 Å². The molecular formula is C18H34O11. The maximum Gasteiger partial charge on any atom is 0.187 e. The van der Waals surface area contributed by atoms with Crippen LogP contribution in [0.2, 0.25) is 0 Å². The third-order valence-corrected chi connectivity index (χ3v) is 5.24. The van der Waals surface area contributed by atoms with Crippen LogP contribution < -0.4 is 0 Å². The average molecular weight is 426 g/mol. The summed E-state index contributed by atoms with van der Waals surface area (Å²) in [4.78, 5) is 0. The van der Waals surface area contributed by atoms with E-state index in [9.17, 15) is 35.7 Å². The molecule has 0 aromatic carbocycles. The van der Waals surface area contributed by atoms with Gasteiger partial charge in [0.1, 0.15) is 48.8 Å². The quantitative estimate of drug-likeness (QED) is 0.180. The molecule has 11 heteroatoms. The predicted octanol–water partition coefficient (Wildman–Crippen LogP) is -2.79. The Kier molecular flexibility index (Phi) is 10.1. The second kappa shape index (κ2) is 11.8. The van der Waals surface area contributed by atoms with Crippen molar-refractivity contribution < 1.29 is 54.7 Å². The lowest BCUT2D eigenvalue weighted by molar-refractivity contribution is -0.359. The zero-order chi connectivity index (χ0) is 21.6. The van der Waals surface area contributed by atoms with E-state index in [1.165, 1.54) is 0 Å². The molecule has 10 atom stereocenters. The van der Waals surface area contributed by atoms with Crippen LogP contribution in [0.3, 0.4) is 0 Å². The van der Waals surface area contributed by atoms with Crippen LogP contribution >= 0.6 is 0 Å². The van der Waals surface area contributed by atoms with Gasteiger partial charge < -0.3 is 54.7 Å². The van der Waals surface area contributed by atoms with Crippen LogP contribution in [0.15, 0.2) is 0 Å². The Bertz CT molecular complexity index is 463.